The van der Waals surface area contributed by atoms with Crippen molar-refractivity contribution in [3.05, 3.63) is 82.2 Å². The molecule has 4 aromatic rings. The summed E-state index contributed by atoms with van der Waals surface area (Å²) in [6.45, 7) is 0. The van der Waals surface area contributed by atoms with Crippen LogP contribution in [0.2, 0.25) is 0 Å². The Morgan fingerprint density at radius 1 is 0.871 bits per heavy atom. The number of fused-ring (bicyclic) bond motifs is 3. The molecular formula is C24H16O7. The summed E-state index contributed by atoms with van der Waals surface area (Å²) in [5.41, 5.74) is 1.63. The van der Waals surface area contributed by atoms with Crippen LogP contribution in [0.5, 0.6) is 23.0 Å². The third kappa shape index (κ3) is 3.07. The number of carbonyl (C=O) groups is 1. The first-order chi connectivity index (χ1) is 14.9. The van der Waals surface area contributed by atoms with E-state index < -0.39 is 17.3 Å². The second-order valence-electron chi connectivity index (χ2n) is 7.36. The molecule has 7 heteroatoms. The van der Waals surface area contributed by atoms with Crippen LogP contribution in [-0.2, 0) is 4.79 Å². The Kier molecular flexibility index (Phi) is 4.18. The molecule has 154 valence electrons. The first-order valence-electron chi connectivity index (χ1n) is 9.53. The van der Waals surface area contributed by atoms with Gasteiger partial charge in [0.2, 0.25) is 5.43 Å². The van der Waals surface area contributed by atoms with Crippen LogP contribution in [0.1, 0.15) is 23.5 Å². The summed E-state index contributed by atoms with van der Waals surface area (Å²) in [5, 5.41) is 29.7. The van der Waals surface area contributed by atoms with Gasteiger partial charge in [-0.2, -0.15) is 0 Å². The van der Waals surface area contributed by atoms with Crippen molar-refractivity contribution in [2.24, 2.45) is 0 Å². The van der Waals surface area contributed by atoms with Crippen molar-refractivity contribution < 1.29 is 29.3 Å². The van der Waals surface area contributed by atoms with Gasteiger partial charge < -0.3 is 24.5 Å². The zero-order valence-corrected chi connectivity index (χ0v) is 16.0. The summed E-state index contributed by atoms with van der Waals surface area (Å²) >= 11 is 0. The molecule has 0 aliphatic carbocycles. The molecule has 0 radical (unpaired) electrons. The summed E-state index contributed by atoms with van der Waals surface area (Å²) in [6.07, 6.45) is 1.31. The quantitative estimate of drug-likeness (QED) is 0.334. The number of aromatic hydroxyl groups is 3. The van der Waals surface area contributed by atoms with Gasteiger partial charge >= 0.3 is 5.97 Å². The summed E-state index contributed by atoms with van der Waals surface area (Å²) in [5.74, 6) is -1.05. The van der Waals surface area contributed by atoms with Gasteiger partial charge in [0.25, 0.3) is 0 Å². The molecule has 3 N–H and O–H groups in total. The third-order valence-corrected chi connectivity index (χ3v) is 5.44. The van der Waals surface area contributed by atoms with Crippen LogP contribution in [-0.4, -0.2) is 21.3 Å². The number of esters is 1. The molecule has 0 bridgehead atoms. The van der Waals surface area contributed by atoms with Crippen molar-refractivity contribution in [3.63, 3.8) is 0 Å². The molecule has 1 aromatic heterocycles. The predicted octanol–water partition coefficient (Wildman–Crippen LogP) is 4.02. The topological polar surface area (TPSA) is 117 Å². The predicted molar refractivity (Wildman–Crippen MR) is 111 cm³/mol. The summed E-state index contributed by atoms with van der Waals surface area (Å²) in [4.78, 5) is 25.4. The van der Waals surface area contributed by atoms with E-state index in [0.29, 0.717) is 11.1 Å². The van der Waals surface area contributed by atoms with Gasteiger partial charge in [-0.3, -0.25) is 9.59 Å². The Bertz CT molecular complexity index is 1380. The number of ether oxygens (including phenoxy) is 1. The molecular weight excluding hydrogens is 400 g/mol. The van der Waals surface area contributed by atoms with E-state index in [-0.39, 0.29) is 46.0 Å². The molecule has 0 saturated carbocycles. The van der Waals surface area contributed by atoms with E-state index in [2.05, 4.69) is 0 Å². The number of phenolic OH excluding ortho intramolecular Hbond substituents is 3. The first-order valence-corrected chi connectivity index (χ1v) is 9.53. The van der Waals surface area contributed by atoms with E-state index in [0.717, 1.165) is 5.56 Å². The van der Waals surface area contributed by atoms with Crippen LogP contribution < -0.4 is 10.2 Å². The van der Waals surface area contributed by atoms with Crippen molar-refractivity contribution in [2.45, 2.75) is 12.3 Å². The van der Waals surface area contributed by atoms with Crippen LogP contribution in [0, 0.1) is 0 Å². The fourth-order valence-electron chi connectivity index (χ4n) is 3.96. The largest absolute Gasteiger partial charge is 0.508 e. The van der Waals surface area contributed by atoms with E-state index >= 15 is 0 Å². The van der Waals surface area contributed by atoms with E-state index in [1.165, 1.54) is 36.6 Å². The highest BCUT2D eigenvalue weighted by Gasteiger charge is 2.33. The maximum atomic E-state index is 13.2. The number of hydrogen-bond donors (Lipinski definition) is 3. The second kappa shape index (κ2) is 6.91. The number of phenols is 3. The maximum Gasteiger partial charge on any atom is 0.312 e. The van der Waals surface area contributed by atoms with Gasteiger partial charge in [-0.25, -0.2) is 0 Å². The average Bonchev–Trinajstić information content (AvgIpc) is 2.74. The molecule has 0 unspecified atom stereocenters. The van der Waals surface area contributed by atoms with E-state index in [1.54, 1.807) is 24.3 Å². The van der Waals surface area contributed by atoms with Crippen molar-refractivity contribution in [1.82, 2.24) is 0 Å². The van der Waals surface area contributed by atoms with Crippen LogP contribution in [0.3, 0.4) is 0 Å². The first kappa shape index (κ1) is 18.7. The highest BCUT2D eigenvalue weighted by atomic mass is 16.5. The van der Waals surface area contributed by atoms with Gasteiger partial charge in [-0.15, -0.1) is 0 Å². The van der Waals surface area contributed by atoms with Gasteiger partial charge in [-0.1, -0.05) is 24.3 Å². The van der Waals surface area contributed by atoms with Crippen LogP contribution in [0.15, 0.2) is 70.1 Å². The number of rotatable bonds is 2. The summed E-state index contributed by atoms with van der Waals surface area (Å²) in [7, 11) is 0. The normalized spacial score (nSPS) is 15.5. The number of benzene rings is 3. The molecule has 7 nitrogen and oxygen atoms in total. The Labute approximate surface area is 175 Å². The van der Waals surface area contributed by atoms with E-state index in [9.17, 15) is 24.9 Å². The van der Waals surface area contributed by atoms with Crippen molar-refractivity contribution in [1.29, 1.82) is 0 Å². The number of carbonyl (C=O) groups excluding carboxylic acids is 1. The minimum atomic E-state index is -0.484. The molecule has 2 heterocycles. The average molecular weight is 416 g/mol. The zero-order valence-electron chi connectivity index (χ0n) is 16.0. The lowest BCUT2D eigenvalue weighted by Crippen LogP contribution is -2.22. The molecule has 0 fully saturated rings. The summed E-state index contributed by atoms with van der Waals surface area (Å²) in [6, 6.07) is 13.7. The number of hydrogen-bond acceptors (Lipinski definition) is 7. The van der Waals surface area contributed by atoms with Crippen LogP contribution >= 0.6 is 0 Å². The highest BCUT2D eigenvalue weighted by Crippen LogP contribution is 2.45. The molecule has 1 aliphatic heterocycles. The lowest BCUT2D eigenvalue weighted by atomic mass is 9.85. The Hall–Kier alpha value is -4.26. The standard InChI is InChI=1S/C24H16O7/c25-14-5-1-12(2-6-14)16-9-20(28)31-19-10-18(27)22-23(29)17(11-30-24(22)21(16)19)13-3-7-15(26)8-4-13/h1-8,10-11,16,25-27H,9H2/t16-/m1/s1. The van der Waals surface area contributed by atoms with Gasteiger partial charge in [0.05, 0.1) is 12.0 Å². The minimum absolute atomic E-state index is 0.0150. The lowest BCUT2D eigenvalue weighted by molar-refractivity contribution is -0.135. The molecule has 5 rings (SSSR count). The molecule has 1 aliphatic rings. The van der Waals surface area contributed by atoms with Crippen molar-refractivity contribution in [2.75, 3.05) is 0 Å². The molecule has 3 aromatic carbocycles. The molecule has 1 atom stereocenters. The molecule has 0 amide bonds. The second-order valence-corrected chi connectivity index (χ2v) is 7.36. The van der Waals surface area contributed by atoms with Crippen LogP contribution in [0.25, 0.3) is 22.1 Å². The third-order valence-electron chi connectivity index (χ3n) is 5.44. The van der Waals surface area contributed by atoms with Crippen LogP contribution in [0.4, 0.5) is 0 Å². The molecule has 31 heavy (non-hydrogen) atoms. The van der Waals surface area contributed by atoms with Gasteiger partial charge in [-0.05, 0) is 35.4 Å². The van der Waals surface area contributed by atoms with E-state index in [4.69, 9.17) is 9.15 Å². The fraction of sp³-hybridized carbons (Fsp3) is 0.0833. The Morgan fingerprint density at radius 2 is 1.52 bits per heavy atom. The van der Waals surface area contributed by atoms with Gasteiger partial charge in [0, 0.05) is 17.5 Å². The lowest BCUT2D eigenvalue weighted by Gasteiger charge is -2.26. The fourth-order valence-corrected chi connectivity index (χ4v) is 3.96. The molecule has 0 saturated heterocycles. The SMILES string of the molecule is O=C1C[C@H](c2ccc(O)cc2)c2c(cc(O)c3c(=O)c(-c4ccc(O)cc4)coc23)O1. The van der Waals surface area contributed by atoms with Crippen molar-refractivity contribution >= 4 is 16.9 Å². The monoisotopic (exact) mass is 416 g/mol. The minimum Gasteiger partial charge on any atom is -0.508 e. The zero-order chi connectivity index (χ0) is 21.7. The highest BCUT2D eigenvalue weighted by molar-refractivity contribution is 5.94. The Balaban J connectivity index is 1.77. The summed E-state index contributed by atoms with van der Waals surface area (Å²) < 4.78 is 11.2. The smallest absolute Gasteiger partial charge is 0.312 e. The Morgan fingerprint density at radius 3 is 2.19 bits per heavy atom. The van der Waals surface area contributed by atoms with Gasteiger partial charge in [0.1, 0.15) is 40.2 Å². The molecule has 0 spiro atoms. The van der Waals surface area contributed by atoms with Gasteiger partial charge in [0.15, 0.2) is 0 Å². The van der Waals surface area contributed by atoms with E-state index in [1.807, 2.05) is 0 Å². The maximum absolute atomic E-state index is 13.2. The van der Waals surface area contributed by atoms with Crippen molar-refractivity contribution in [3.8, 4) is 34.1 Å².